The van der Waals surface area contributed by atoms with Crippen molar-refractivity contribution in [2.75, 3.05) is 6.61 Å². The number of hydrogen-bond donors (Lipinski definition) is 1. The van der Waals surface area contributed by atoms with Crippen molar-refractivity contribution in [3.8, 4) is 12.1 Å². The first-order chi connectivity index (χ1) is 13.6. The van der Waals surface area contributed by atoms with Gasteiger partial charge in [-0.25, -0.2) is 4.79 Å². The quantitative estimate of drug-likeness (QED) is 0.796. The van der Waals surface area contributed by atoms with E-state index in [9.17, 15) is 15.3 Å². The number of nitriles is 2. The predicted molar refractivity (Wildman–Crippen MR) is 105 cm³/mol. The van der Waals surface area contributed by atoms with Gasteiger partial charge in [0.25, 0.3) is 0 Å². The molecule has 0 unspecified atom stereocenters. The third-order valence-electron chi connectivity index (χ3n) is 5.81. The zero-order chi connectivity index (χ0) is 20.1. The Morgan fingerprint density at radius 3 is 2.46 bits per heavy atom. The number of carbonyl (C=O) groups excluding carboxylic acids is 1. The van der Waals surface area contributed by atoms with Crippen LogP contribution in [-0.2, 0) is 9.53 Å². The fourth-order valence-electron chi connectivity index (χ4n) is 4.53. The molecule has 0 amide bonds. The summed E-state index contributed by atoms with van der Waals surface area (Å²) >= 11 is 0. The maximum absolute atomic E-state index is 13.1. The highest BCUT2D eigenvalue weighted by Gasteiger charge is 2.56. The molecule has 1 aromatic rings. The van der Waals surface area contributed by atoms with Gasteiger partial charge in [-0.2, -0.15) is 10.5 Å². The highest BCUT2D eigenvalue weighted by Crippen LogP contribution is 2.54. The van der Waals surface area contributed by atoms with Gasteiger partial charge >= 0.3 is 5.97 Å². The molecule has 0 aromatic heterocycles. The minimum absolute atomic E-state index is 0.0316. The third-order valence-corrected chi connectivity index (χ3v) is 5.81. The number of esters is 1. The summed E-state index contributed by atoms with van der Waals surface area (Å²) in [5, 5.41) is 20.1. The van der Waals surface area contributed by atoms with Crippen molar-refractivity contribution in [3.05, 3.63) is 58.3 Å². The molecule has 2 N–H and O–H groups in total. The molecule has 0 saturated heterocycles. The van der Waals surface area contributed by atoms with Crippen LogP contribution in [0, 0.1) is 28.1 Å². The number of rotatable bonds is 3. The summed E-state index contributed by atoms with van der Waals surface area (Å²) in [6.07, 6.45) is 5.62. The Morgan fingerprint density at radius 1 is 1.18 bits per heavy atom. The lowest BCUT2D eigenvalue weighted by atomic mass is 9.60. The minimum Gasteiger partial charge on any atom is -0.464 e. The normalized spacial score (nSPS) is 25.0. The van der Waals surface area contributed by atoms with E-state index in [0.29, 0.717) is 5.57 Å². The number of nitrogens with zero attached hydrogens (tertiary/aromatic N) is 2. The van der Waals surface area contributed by atoms with Crippen molar-refractivity contribution in [3.63, 3.8) is 0 Å². The van der Waals surface area contributed by atoms with Crippen LogP contribution in [0.15, 0.2) is 52.7 Å². The zero-order valence-electron chi connectivity index (χ0n) is 16.2. The largest absolute Gasteiger partial charge is 0.464 e. The molecule has 2 atom stereocenters. The van der Waals surface area contributed by atoms with Gasteiger partial charge in [-0.1, -0.05) is 48.7 Å². The van der Waals surface area contributed by atoms with Crippen LogP contribution in [0.5, 0.6) is 0 Å². The summed E-state index contributed by atoms with van der Waals surface area (Å²) in [6, 6.07) is 13.9. The average Bonchev–Trinajstić information content (AvgIpc) is 2.69. The molecule has 28 heavy (non-hydrogen) atoms. The van der Waals surface area contributed by atoms with Crippen molar-refractivity contribution in [2.24, 2.45) is 11.1 Å². The van der Waals surface area contributed by atoms with E-state index < -0.39 is 17.3 Å². The molecule has 5 nitrogen and oxygen atoms in total. The van der Waals surface area contributed by atoms with Gasteiger partial charge in [0.1, 0.15) is 6.07 Å². The smallest absolute Gasteiger partial charge is 0.333 e. The molecule has 0 saturated carbocycles. The Kier molecular flexibility index (Phi) is 5.85. The van der Waals surface area contributed by atoms with Crippen molar-refractivity contribution in [2.45, 2.75) is 51.4 Å². The zero-order valence-corrected chi connectivity index (χ0v) is 16.2. The van der Waals surface area contributed by atoms with E-state index in [1.165, 1.54) is 0 Å². The van der Waals surface area contributed by atoms with Crippen molar-refractivity contribution in [1.29, 1.82) is 10.5 Å². The Hall–Kier alpha value is -3.05. The number of carbonyl (C=O) groups is 1. The average molecular weight is 375 g/mol. The molecule has 144 valence electrons. The summed E-state index contributed by atoms with van der Waals surface area (Å²) < 4.78 is 5.32. The van der Waals surface area contributed by atoms with Gasteiger partial charge < -0.3 is 10.5 Å². The number of ether oxygens (including phenoxy) is 1. The van der Waals surface area contributed by atoms with Gasteiger partial charge in [-0.15, -0.1) is 0 Å². The molecular weight excluding hydrogens is 350 g/mol. The fraction of sp³-hybridized carbons (Fsp3) is 0.435. The summed E-state index contributed by atoms with van der Waals surface area (Å²) in [5.74, 6) is -1.21. The molecule has 5 heteroatoms. The number of nitrogens with two attached hydrogens (primary N) is 1. The van der Waals surface area contributed by atoms with E-state index in [2.05, 4.69) is 12.1 Å². The van der Waals surface area contributed by atoms with Crippen LogP contribution in [0.25, 0.3) is 0 Å². The van der Waals surface area contributed by atoms with Crippen LogP contribution in [-0.4, -0.2) is 12.6 Å². The fourth-order valence-corrected chi connectivity index (χ4v) is 4.53. The minimum atomic E-state index is -1.72. The molecule has 0 radical (unpaired) electrons. The number of allylic oxidation sites excluding steroid dienone is 3. The van der Waals surface area contributed by atoms with Crippen LogP contribution in [0.4, 0.5) is 0 Å². The molecule has 0 aliphatic heterocycles. The van der Waals surface area contributed by atoms with Gasteiger partial charge in [0.05, 0.1) is 23.9 Å². The second-order valence-corrected chi connectivity index (χ2v) is 7.30. The van der Waals surface area contributed by atoms with Crippen molar-refractivity contribution >= 4 is 5.97 Å². The van der Waals surface area contributed by atoms with Crippen molar-refractivity contribution < 1.29 is 9.53 Å². The molecule has 0 heterocycles. The van der Waals surface area contributed by atoms with E-state index in [-0.39, 0.29) is 12.3 Å². The van der Waals surface area contributed by atoms with E-state index >= 15 is 0 Å². The molecule has 0 fully saturated rings. The highest BCUT2D eigenvalue weighted by molar-refractivity contribution is 5.88. The molecule has 2 aliphatic rings. The predicted octanol–water partition coefficient (Wildman–Crippen LogP) is 4.24. The molecule has 1 aromatic carbocycles. The first kappa shape index (κ1) is 19.7. The Bertz CT molecular complexity index is 902. The van der Waals surface area contributed by atoms with Crippen LogP contribution in [0.1, 0.15) is 56.9 Å². The maximum atomic E-state index is 13.1. The van der Waals surface area contributed by atoms with Gasteiger partial charge in [0.15, 0.2) is 0 Å². The Balaban J connectivity index is 2.34. The van der Waals surface area contributed by atoms with E-state index in [1.807, 2.05) is 30.3 Å². The van der Waals surface area contributed by atoms with E-state index in [0.717, 1.165) is 55.2 Å². The summed E-state index contributed by atoms with van der Waals surface area (Å²) in [6.45, 7) is 1.85. The summed E-state index contributed by atoms with van der Waals surface area (Å²) in [5.41, 5.74) is 7.80. The van der Waals surface area contributed by atoms with Crippen molar-refractivity contribution in [1.82, 2.24) is 0 Å². The monoisotopic (exact) mass is 375 g/mol. The SMILES string of the molecule is CCOC(=O)[C@]1(C#N)C(N)=C(C#N)C2=C(CCCCCC2)[C@@H]1c1ccccc1. The Labute approximate surface area is 166 Å². The summed E-state index contributed by atoms with van der Waals surface area (Å²) in [7, 11) is 0. The topological polar surface area (TPSA) is 99.9 Å². The number of hydrogen-bond acceptors (Lipinski definition) is 5. The highest BCUT2D eigenvalue weighted by atomic mass is 16.5. The lowest BCUT2D eigenvalue weighted by Crippen LogP contribution is -2.46. The lowest BCUT2D eigenvalue weighted by molar-refractivity contribution is -0.151. The first-order valence-electron chi connectivity index (χ1n) is 9.87. The van der Waals surface area contributed by atoms with Gasteiger partial charge in [0.2, 0.25) is 5.41 Å². The van der Waals surface area contributed by atoms with Gasteiger partial charge in [-0.3, -0.25) is 0 Å². The van der Waals surface area contributed by atoms with Crippen LogP contribution < -0.4 is 5.73 Å². The van der Waals surface area contributed by atoms with Crippen LogP contribution >= 0.6 is 0 Å². The molecule has 0 spiro atoms. The summed E-state index contributed by atoms with van der Waals surface area (Å²) in [4.78, 5) is 13.1. The van der Waals surface area contributed by atoms with Gasteiger partial charge in [-0.05, 0) is 43.7 Å². The molecular formula is C23H25N3O2. The van der Waals surface area contributed by atoms with E-state index in [4.69, 9.17) is 10.5 Å². The third kappa shape index (κ3) is 3.08. The molecule has 0 bridgehead atoms. The standard InChI is InChI=1S/C23H25N3O2/c1-2-28-22(27)23(15-25)20(16-10-6-5-7-11-16)18-13-9-4-3-8-12-17(18)19(14-24)21(23)26/h5-7,10-11,20H,2-4,8-9,12-13,26H2,1H3/t20-,23-/m0/s1. The second-order valence-electron chi connectivity index (χ2n) is 7.30. The van der Waals surface area contributed by atoms with Crippen LogP contribution in [0.3, 0.4) is 0 Å². The second kappa shape index (κ2) is 8.31. The lowest BCUT2D eigenvalue weighted by Gasteiger charge is -2.41. The van der Waals surface area contributed by atoms with Gasteiger partial charge in [0, 0.05) is 5.92 Å². The van der Waals surface area contributed by atoms with E-state index in [1.54, 1.807) is 6.92 Å². The molecule has 2 aliphatic carbocycles. The molecule has 3 rings (SSSR count). The Morgan fingerprint density at radius 2 is 1.86 bits per heavy atom. The maximum Gasteiger partial charge on any atom is 0.333 e. The van der Waals surface area contributed by atoms with Crippen LogP contribution in [0.2, 0.25) is 0 Å². The number of benzene rings is 1. The first-order valence-corrected chi connectivity index (χ1v) is 9.87.